The van der Waals surface area contributed by atoms with Gasteiger partial charge in [0.1, 0.15) is 5.75 Å². The van der Waals surface area contributed by atoms with E-state index >= 15 is 0 Å². The highest BCUT2D eigenvalue weighted by Gasteiger charge is 2.26. The van der Waals surface area contributed by atoms with E-state index in [2.05, 4.69) is 14.9 Å². The van der Waals surface area contributed by atoms with Crippen LogP contribution in [0.1, 0.15) is 5.56 Å². The number of hydrogen-bond acceptors (Lipinski definition) is 7. The van der Waals surface area contributed by atoms with E-state index in [1.54, 1.807) is 0 Å². The molecule has 6 nitrogen and oxygen atoms in total. The monoisotopic (exact) mass is 448 g/mol. The van der Waals surface area contributed by atoms with Crippen molar-refractivity contribution in [3.05, 3.63) is 54.1 Å². The van der Waals surface area contributed by atoms with Gasteiger partial charge in [0.25, 0.3) is 5.22 Å². The molecular weight excluding hydrogens is 436 g/mol. The van der Waals surface area contributed by atoms with E-state index in [-0.39, 0.29) is 16.9 Å². The van der Waals surface area contributed by atoms with Crippen molar-refractivity contribution in [2.24, 2.45) is 0 Å². The largest absolute Gasteiger partial charge is 0.435 e. The first-order valence-electron chi connectivity index (χ1n) is 7.88. The van der Waals surface area contributed by atoms with Crippen molar-refractivity contribution in [3.63, 3.8) is 0 Å². The standard InChI is InChI=1S/C17H12F4N2O4S2/c18-15(19)26-12-5-3-11(4-6-12)14-22-23-17(27-14)28-9-10-1-7-13(8-2-10)29(24,25)16(20)21/h1-8,15-16H,9H2. The number of thioether (sulfide) groups is 1. The van der Waals surface area contributed by atoms with Crippen LogP contribution >= 0.6 is 11.8 Å². The van der Waals surface area contributed by atoms with E-state index in [9.17, 15) is 26.0 Å². The van der Waals surface area contributed by atoms with Crippen LogP contribution in [0.2, 0.25) is 0 Å². The highest BCUT2D eigenvalue weighted by Crippen LogP contribution is 2.28. The number of alkyl halides is 4. The normalized spacial score (nSPS) is 11.9. The number of sulfone groups is 1. The van der Waals surface area contributed by atoms with Gasteiger partial charge in [-0.05, 0) is 42.0 Å². The van der Waals surface area contributed by atoms with Gasteiger partial charge >= 0.3 is 12.4 Å². The predicted molar refractivity (Wildman–Crippen MR) is 95.6 cm³/mol. The van der Waals surface area contributed by atoms with Gasteiger partial charge in [0.15, 0.2) is 0 Å². The second-order valence-electron chi connectivity index (χ2n) is 5.51. The lowest BCUT2D eigenvalue weighted by Gasteiger charge is -2.04. The Morgan fingerprint density at radius 2 is 1.62 bits per heavy atom. The average molecular weight is 448 g/mol. The fourth-order valence-corrected chi connectivity index (χ4v) is 3.63. The first kappa shape index (κ1) is 21.1. The molecule has 0 fully saturated rings. The fraction of sp³-hybridized carbons (Fsp3) is 0.176. The minimum absolute atomic E-state index is 0.00448. The first-order chi connectivity index (χ1) is 13.8. The maximum Gasteiger partial charge on any atom is 0.387 e. The van der Waals surface area contributed by atoms with E-state index in [0.717, 1.165) is 23.9 Å². The van der Waals surface area contributed by atoms with Crippen molar-refractivity contribution in [3.8, 4) is 17.2 Å². The van der Waals surface area contributed by atoms with Crippen molar-refractivity contribution in [1.82, 2.24) is 10.2 Å². The van der Waals surface area contributed by atoms with Gasteiger partial charge < -0.3 is 9.15 Å². The van der Waals surface area contributed by atoms with Gasteiger partial charge in [0.2, 0.25) is 15.7 Å². The van der Waals surface area contributed by atoms with Crippen LogP contribution in [-0.4, -0.2) is 31.0 Å². The molecule has 3 aromatic rings. The Labute approximate surface area is 166 Å². The van der Waals surface area contributed by atoms with Crippen LogP contribution in [0.15, 0.2) is 63.1 Å². The molecule has 0 bridgehead atoms. The van der Waals surface area contributed by atoms with E-state index in [4.69, 9.17) is 4.42 Å². The third-order valence-electron chi connectivity index (χ3n) is 3.58. The number of hydrogen-bond donors (Lipinski definition) is 0. The number of nitrogens with zero attached hydrogens (tertiary/aromatic N) is 2. The van der Waals surface area contributed by atoms with Crippen LogP contribution in [0.25, 0.3) is 11.5 Å². The van der Waals surface area contributed by atoms with E-state index in [0.29, 0.717) is 16.9 Å². The molecule has 0 saturated heterocycles. The van der Waals surface area contributed by atoms with Crippen LogP contribution in [-0.2, 0) is 15.6 Å². The highest BCUT2D eigenvalue weighted by molar-refractivity contribution is 7.98. The van der Waals surface area contributed by atoms with Gasteiger partial charge in [-0.1, -0.05) is 23.9 Å². The molecule has 0 amide bonds. The summed E-state index contributed by atoms with van der Waals surface area (Å²) < 4.78 is 81.9. The molecule has 154 valence electrons. The number of aromatic nitrogens is 2. The number of halogens is 4. The Balaban J connectivity index is 1.62. The molecule has 0 aliphatic rings. The minimum Gasteiger partial charge on any atom is -0.435 e. The van der Waals surface area contributed by atoms with E-state index in [1.165, 1.54) is 36.4 Å². The van der Waals surface area contributed by atoms with Crippen LogP contribution < -0.4 is 4.74 Å². The Morgan fingerprint density at radius 3 is 2.21 bits per heavy atom. The first-order valence-corrected chi connectivity index (χ1v) is 10.4. The lowest BCUT2D eigenvalue weighted by molar-refractivity contribution is -0.0498. The zero-order valence-corrected chi connectivity index (χ0v) is 16.0. The Bertz CT molecular complexity index is 1060. The number of rotatable bonds is 8. The summed E-state index contributed by atoms with van der Waals surface area (Å²) in [5.74, 6) is -2.97. The molecule has 12 heteroatoms. The van der Waals surface area contributed by atoms with Gasteiger partial charge in [0.05, 0.1) is 4.90 Å². The highest BCUT2D eigenvalue weighted by atomic mass is 32.2. The molecule has 1 aromatic heterocycles. The minimum atomic E-state index is -4.63. The second-order valence-corrected chi connectivity index (χ2v) is 8.36. The smallest absolute Gasteiger partial charge is 0.387 e. The molecule has 1 heterocycles. The van der Waals surface area contributed by atoms with Gasteiger partial charge in [-0.2, -0.15) is 17.6 Å². The second kappa shape index (κ2) is 8.82. The van der Waals surface area contributed by atoms with Crippen LogP contribution in [0.5, 0.6) is 5.75 Å². The third-order valence-corrected chi connectivity index (χ3v) is 5.87. The number of ether oxygens (including phenoxy) is 1. The summed E-state index contributed by atoms with van der Waals surface area (Å²) in [6.07, 6.45) is 0. The molecule has 0 N–H and O–H groups in total. The molecule has 0 aliphatic carbocycles. The van der Waals surface area contributed by atoms with Crippen molar-refractivity contribution < 1.29 is 35.1 Å². The third kappa shape index (κ3) is 5.26. The van der Waals surface area contributed by atoms with Crippen molar-refractivity contribution in [1.29, 1.82) is 0 Å². The van der Waals surface area contributed by atoms with Crippen molar-refractivity contribution >= 4 is 21.6 Å². The summed E-state index contributed by atoms with van der Waals surface area (Å²) in [6, 6.07) is 10.7. The van der Waals surface area contributed by atoms with Crippen molar-refractivity contribution in [2.75, 3.05) is 0 Å². The summed E-state index contributed by atoms with van der Waals surface area (Å²) in [5.41, 5.74) is 1.17. The Kier molecular flexibility index (Phi) is 6.42. The maximum atomic E-state index is 12.5. The molecule has 0 radical (unpaired) electrons. The van der Waals surface area contributed by atoms with Crippen LogP contribution in [0, 0.1) is 0 Å². The van der Waals surface area contributed by atoms with Gasteiger partial charge in [-0.3, -0.25) is 0 Å². The summed E-state index contributed by atoms with van der Waals surface area (Å²) in [4.78, 5) is -0.458. The molecule has 0 atom stereocenters. The lowest BCUT2D eigenvalue weighted by Crippen LogP contribution is -2.11. The molecule has 0 saturated carbocycles. The Hall–Kier alpha value is -2.60. The van der Waals surface area contributed by atoms with Crippen LogP contribution in [0.4, 0.5) is 17.6 Å². The van der Waals surface area contributed by atoms with E-state index < -0.39 is 27.1 Å². The van der Waals surface area contributed by atoms with Crippen LogP contribution in [0.3, 0.4) is 0 Å². The fourth-order valence-electron chi connectivity index (χ4n) is 2.19. The van der Waals surface area contributed by atoms with E-state index in [1.807, 2.05) is 0 Å². The predicted octanol–water partition coefficient (Wildman–Crippen LogP) is 4.63. The molecular formula is C17H12F4N2O4S2. The summed E-state index contributed by atoms with van der Waals surface area (Å²) in [6.45, 7) is -2.92. The zero-order chi connectivity index (χ0) is 21.0. The average Bonchev–Trinajstić information content (AvgIpc) is 3.16. The summed E-state index contributed by atoms with van der Waals surface area (Å²) in [7, 11) is -4.63. The molecule has 0 spiro atoms. The molecule has 3 rings (SSSR count). The molecule has 29 heavy (non-hydrogen) atoms. The lowest BCUT2D eigenvalue weighted by atomic mass is 10.2. The maximum absolute atomic E-state index is 12.5. The molecule has 0 aliphatic heterocycles. The molecule has 2 aromatic carbocycles. The molecule has 0 unspecified atom stereocenters. The van der Waals surface area contributed by atoms with Crippen molar-refractivity contribution in [2.45, 2.75) is 28.2 Å². The summed E-state index contributed by atoms with van der Waals surface area (Å²) >= 11 is 1.16. The van der Waals surface area contributed by atoms with Gasteiger partial charge in [-0.25, -0.2) is 8.42 Å². The quantitative estimate of drug-likeness (QED) is 0.367. The van der Waals surface area contributed by atoms with Gasteiger partial charge in [-0.15, -0.1) is 10.2 Å². The number of benzene rings is 2. The van der Waals surface area contributed by atoms with Gasteiger partial charge in [0, 0.05) is 11.3 Å². The Morgan fingerprint density at radius 1 is 0.966 bits per heavy atom. The SMILES string of the molecule is O=S(=O)(c1ccc(CSc2nnc(-c3ccc(OC(F)F)cc3)o2)cc1)C(F)F. The topological polar surface area (TPSA) is 82.3 Å². The summed E-state index contributed by atoms with van der Waals surface area (Å²) in [5, 5.41) is 7.94. The zero-order valence-electron chi connectivity index (χ0n) is 14.3.